The Labute approximate surface area is 285 Å². The number of nitrogens with one attached hydrogen (secondary N) is 2. The highest BCUT2D eigenvalue weighted by molar-refractivity contribution is 8.00. The normalized spacial score (nSPS) is 12.0. The average molecular weight is 667 g/mol. The number of aromatic nitrogens is 4. The molecule has 10 nitrogen and oxygen atoms in total. The number of carboxylic acids is 1. The molecule has 0 fully saturated rings. The molecule has 48 heavy (non-hydrogen) atoms. The number of aryl methyl sites for hydroxylation is 3. The second kappa shape index (κ2) is 15.9. The molecule has 5 rings (SSSR count). The summed E-state index contributed by atoms with van der Waals surface area (Å²) in [6.07, 6.45) is 6.39. The zero-order valence-electron chi connectivity index (χ0n) is 28.0. The van der Waals surface area contributed by atoms with Crippen LogP contribution in [0.15, 0.2) is 76.7 Å². The minimum absolute atomic E-state index is 0.00211. The van der Waals surface area contributed by atoms with E-state index in [0.717, 1.165) is 69.1 Å². The number of fused-ring (bicyclic) bond motifs is 1. The average Bonchev–Trinajstić information content (AvgIpc) is 3.40. The molecule has 0 saturated carbocycles. The molecular weight excluding hydrogens is 625 g/mol. The fourth-order valence-electron chi connectivity index (χ4n) is 5.54. The van der Waals surface area contributed by atoms with Crippen molar-refractivity contribution < 1.29 is 19.1 Å². The topological polar surface area (TPSA) is 135 Å². The van der Waals surface area contributed by atoms with Crippen molar-refractivity contribution in [2.75, 3.05) is 11.3 Å². The summed E-state index contributed by atoms with van der Waals surface area (Å²) < 4.78 is 15.5. The Morgan fingerprint density at radius 2 is 1.85 bits per heavy atom. The third-order valence-electron chi connectivity index (χ3n) is 7.99. The van der Waals surface area contributed by atoms with Crippen molar-refractivity contribution in [1.82, 2.24) is 25.3 Å². The first kappa shape index (κ1) is 34.6. The van der Waals surface area contributed by atoms with Gasteiger partial charge in [-0.05, 0) is 81.3 Å². The molecule has 1 atom stereocenters. The Balaban J connectivity index is 1.36. The van der Waals surface area contributed by atoms with E-state index < -0.39 is 5.97 Å². The Kier molecular flexibility index (Phi) is 11.5. The van der Waals surface area contributed by atoms with E-state index >= 15 is 0 Å². The maximum absolute atomic E-state index is 11.5. The summed E-state index contributed by atoms with van der Waals surface area (Å²) in [5.74, 6) is 0.964. The Morgan fingerprint density at radius 1 is 1.08 bits per heavy atom. The Bertz CT molecular complexity index is 1890. The third-order valence-corrected chi connectivity index (χ3v) is 8.77. The molecule has 0 radical (unpaired) electrons. The molecule has 0 saturated heterocycles. The van der Waals surface area contributed by atoms with Crippen LogP contribution in [0.25, 0.3) is 22.5 Å². The van der Waals surface area contributed by atoms with Crippen LogP contribution in [0.1, 0.15) is 77.5 Å². The second-order valence-corrected chi connectivity index (χ2v) is 13.0. The van der Waals surface area contributed by atoms with E-state index in [1.165, 1.54) is 11.9 Å². The number of benzene rings is 2. The molecular formula is C37H42N6O4S. The van der Waals surface area contributed by atoms with E-state index in [4.69, 9.17) is 19.1 Å². The van der Waals surface area contributed by atoms with E-state index in [2.05, 4.69) is 66.4 Å². The van der Waals surface area contributed by atoms with Crippen LogP contribution in [0.2, 0.25) is 0 Å². The summed E-state index contributed by atoms with van der Waals surface area (Å²) in [6, 6.07) is 14.7. The number of ether oxygens (including phenoxy) is 1. The van der Waals surface area contributed by atoms with Crippen LogP contribution in [0.4, 0.5) is 5.95 Å². The molecule has 3 N–H and O–H groups in total. The molecule has 5 aromatic rings. The molecule has 1 unspecified atom stereocenters. The fourth-order valence-corrected chi connectivity index (χ4v) is 6.18. The van der Waals surface area contributed by atoms with Gasteiger partial charge in [-0.1, -0.05) is 44.2 Å². The number of nitrogens with zero attached hydrogens (tertiary/aromatic N) is 4. The smallest absolute Gasteiger partial charge is 0.335 e. The summed E-state index contributed by atoms with van der Waals surface area (Å²) in [5, 5.41) is 13.0. The van der Waals surface area contributed by atoms with E-state index in [0.29, 0.717) is 30.7 Å². The molecule has 0 amide bonds. The first-order chi connectivity index (χ1) is 23.1. The van der Waals surface area contributed by atoms with Gasteiger partial charge in [-0.3, -0.25) is 4.72 Å². The maximum Gasteiger partial charge on any atom is 0.335 e. The first-order valence-electron chi connectivity index (χ1n) is 16.1. The van der Waals surface area contributed by atoms with Crippen LogP contribution in [0.3, 0.4) is 0 Å². The summed E-state index contributed by atoms with van der Waals surface area (Å²) in [6.45, 7) is 15.1. The van der Waals surface area contributed by atoms with Gasteiger partial charge < -0.3 is 19.6 Å². The lowest BCUT2D eigenvalue weighted by atomic mass is 10.00. The van der Waals surface area contributed by atoms with Crippen LogP contribution >= 0.6 is 11.9 Å². The fraction of sp³-hybridized carbons (Fsp3) is 0.324. The van der Waals surface area contributed by atoms with E-state index in [-0.39, 0.29) is 17.5 Å². The molecule has 11 heteroatoms. The summed E-state index contributed by atoms with van der Waals surface area (Å²) >= 11 is 1.24. The molecule has 0 aliphatic carbocycles. The van der Waals surface area contributed by atoms with Crippen molar-refractivity contribution in [2.24, 2.45) is 0 Å². The lowest BCUT2D eigenvalue weighted by Crippen LogP contribution is -2.34. The lowest BCUT2D eigenvalue weighted by molar-refractivity contribution is 0.0696. The van der Waals surface area contributed by atoms with Crippen molar-refractivity contribution in [1.29, 1.82) is 0 Å². The third kappa shape index (κ3) is 8.59. The van der Waals surface area contributed by atoms with Crippen LogP contribution < -0.4 is 14.8 Å². The zero-order valence-corrected chi connectivity index (χ0v) is 28.9. The molecule has 0 aliphatic rings. The van der Waals surface area contributed by atoms with Crippen molar-refractivity contribution >= 4 is 35.1 Å². The molecule has 0 bridgehead atoms. The number of hydrogen-bond donors (Lipinski definition) is 3. The maximum atomic E-state index is 11.5. The number of carbonyl (C=O) groups is 1. The predicted octanol–water partition coefficient (Wildman–Crippen LogP) is 8.44. The summed E-state index contributed by atoms with van der Waals surface area (Å²) in [7, 11) is 0. The number of unbranched alkanes of at least 4 members (excludes halogenated alkanes) is 1. The quantitative estimate of drug-likeness (QED) is 0.0532. The van der Waals surface area contributed by atoms with Crippen LogP contribution in [-0.4, -0.2) is 43.7 Å². The SMILES string of the molecule is C=CCCCC(COc1cc(-c2c(C)cccc2C)nc(NSc2cccc(C(=O)O)c2)n1)NCc1cnc2oc(C(C)C)c(C)c2n1. The Hall–Kier alpha value is -4.74. The molecule has 0 spiro atoms. The molecule has 2 aromatic carbocycles. The molecule has 3 heterocycles. The second-order valence-electron chi connectivity index (χ2n) is 12.1. The van der Waals surface area contributed by atoms with Crippen molar-refractivity contribution in [3.63, 3.8) is 0 Å². The number of aromatic carboxylic acids is 1. The highest BCUT2D eigenvalue weighted by Crippen LogP contribution is 2.31. The monoisotopic (exact) mass is 666 g/mol. The molecule has 250 valence electrons. The van der Waals surface area contributed by atoms with E-state index in [1.54, 1.807) is 24.4 Å². The number of carboxylic acid groups (broad SMARTS) is 1. The highest BCUT2D eigenvalue weighted by atomic mass is 32.2. The van der Waals surface area contributed by atoms with Crippen LogP contribution in [0.5, 0.6) is 5.88 Å². The molecule has 3 aromatic heterocycles. The number of anilines is 1. The lowest BCUT2D eigenvalue weighted by Gasteiger charge is -2.19. The van der Waals surface area contributed by atoms with Gasteiger partial charge in [0.2, 0.25) is 17.5 Å². The minimum atomic E-state index is -0.984. The van der Waals surface area contributed by atoms with Gasteiger partial charge >= 0.3 is 5.97 Å². The highest BCUT2D eigenvalue weighted by Gasteiger charge is 2.18. The number of rotatable bonds is 16. The predicted molar refractivity (Wildman–Crippen MR) is 191 cm³/mol. The van der Waals surface area contributed by atoms with Gasteiger partial charge in [0.25, 0.3) is 0 Å². The first-order valence-corrected chi connectivity index (χ1v) is 16.9. The van der Waals surface area contributed by atoms with Crippen LogP contribution in [-0.2, 0) is 6.54 Å². The number of hydrogen-bond acceptors (Lipinski definition) is 10. The van der Waals surface area contributed by atoms with Crippen LogP contribution in [0, 0.1) is 20.8 Å². The van der Waals surface area contributed by atoms with Gasteiger partial charge in [0, 0.05) is 40.6 Å². The standard InChI is InChI=1S/C37H42N6O4S/c1-7-8-9-15-27(38-19-28-20-39-35-33(40-28)25(6)34(47-35)22(2)3)21-46-31-18-30(32-23(4)12-10-13-24(32)5)41-37(42-31)43-48-29-16-11-14-26(17-29)36(44)45/h7,10-14,16-18,20,22,27,38H,1,8-9,15,19,21H2,2-6H3,(H,44,45)(H,41,42,43). The van der Waals surface area contributed by atoms with Crippen molar-refractivity contribution in [3.8, 4) is 17.1 Å². The van der Waals surface area contributed by atoms with Crippen molar-refractivity contribution in [2.45, 2.75) is 77.3 Å². The summed E-state index contributed by atoms with van der Waals surface area (Å²) in [4.78, 5) is 31.1. The molecule has 0 aliphatic heterocycles. The number of furan rings is 1. The van der Waals surface area contributed by atoms with Gasteiger partial charge in [0.05, 0.1) is 23.1 Å². The largest absolute Gasteiger partial charge is 0.478 e. The number of allylic oxidation sites excluding steroid dienone is 1. The van der Waals surface area contributed by atoms with E-state index in [9.17, 15) is 9.90 Å². The zero-order chi connectivity index (χ0) is 34.2. The Morgan fingerprint density at radius 3 is 2.58 bits per heavy atom. The van der Waals surface area contributed by atoms with E-state index in [1.807, 2.05) is 31.2 Å². The summed E-state index contributed by atoms with van der Waals surface area (Å²) in [5.41, 5.74) is 7.33. The van der Waals surface area contributed by atoms with Gasteiger partial charge in [0.1, 0.15) is 17.9 Å². The van der Waals surface area contributed by atoms with Gasteiger partial charge in [-0.15, -0.1) is 6.58 Å². The van der Waals surface area contributed by atoms with Gasteiger partial charge in [0.15, 0.2) is 0 Å². The van der Waals surface area contributed by atoms with Crippen molar-refractivity contribution in [3.05, 3.63) is 101 Å². The van der Waals surface area contributed by atoms with Gasteiger partial charge in [-0.2, -0.15) is 4.98 Å². The minimum Gasteiger partial charge on any atom is -0.478 e. The van der Waals surface area contributed by atoms with Gasteiger partial charge in [-0.25, -0.2) is 19.7 Å².